The van der Waals surface area contributed by atoms with E-state index in [1.54, 1.807) is 0 Å². The molecule has 0 aromatic heterocycles. The van der Waals surface area contributed by atoms with E-state index in [0.717, 1.165) is 12.1 Å². The van der Waals surface area contributed by atoms with E-state index in [2.05, 4.69) is 0 Å². The summed E-state index contributed by atoms with van der Waals surface area (Å²) in [5, 5.41) is 8.93. The molecule has 0 heterocycles. The smallest absolute Gasteiger partial charge is 0.243 e. The lowest BCUT2D eigenvalue weighted by molar-refractivity contribution is 0.198. The van der Waals surface area contributed by atoms with Crippen LogP contribution in [0.5, 0.6) is 0 Å². The molecule has 0 aliphatic carbocycles. The summed E-state index contributed by atoms with van der Waals surface area (Å²) in [7, 11) is -4.16. The van der Waals surface area contributed by atoms with E-state index in [9.17, 15) is 17.2 Å². The second-order valence-corrected chi connectivity index (χ2v) is 5.21. The molecule has 0 radical (unpaired) electrons. The fraction of sp³-hybridized carbons (Fsp3) is 0.333. The number of hydrogen-bond donors (Lipinski definition) is 3. The van der Waals surface area contributed by atoms with E-state index in [1.165, 1.54) is 6.92 Å². The van der Waals surface area contributed by atoms with E-state index in [0.29, 0.717) is 0 Å². The van der Waals surface area contributed by atoms with Gasteiger partial charge in [-0.3, -0.25) is 0 Å². The number of aliphatic hydroxyl groups is 1. The first kappa shape index (κ1) is 13.8. The van der Waals surface area contributed by atoms with Crippen LogP contribution in [-0.4, -0.2) is 26.2 Å². The molecule has 96 valence electrons. The molecule has 8 heteroatoms. The molecule has 0 amide bonds. The maximum Gasteiger partial charge on any atom is 0.243 e. The van der Waals surface area contributed by atoms with Crippen LogP contribution >= 0.6 is 0 Å². The number of aliphatic hydroxyl groups excluding tert-OH is 1. The predicted molar refractivity (Wildman–Crippen MR) is 57.6 cm³/mol. The van der Waals surface area contributed by atoms with Gasteiger partial charge in [-0.2, -0.15) is 0 Å². The number of nitrogens with two attached hydrogens (primary N) is 1. The number of anilines is 1. The summed E-state index contributed by atoms with van der Waals surface area (Å²) in [6.07, 6.45) is -0.925. The first-order valence-corrected chi connectivity index (χ1v) is 6.15. The maximum atomic E-state index is 13.4. The topological polar surface area (TPSA) is 92.4 Å². The Morgan fingerprint density at radius 3 is 2.59 bits per heavy atom. The average Bonchev–Trinajstić information content (AvgIpc) is 2.23. The lowest BCUT2D eigenvalue weighted by atomic mass is 10.3. The van der Waals surface area contributed by atoms with Crippen LogP contribution in [0.3, 0.4) is 0 Å². The molecule has 0 aliphatic rings. The zero-order valence-electron chi connectivity index (χ0n) is 8.94. The highest BCUT2D eigenvalue weighted by molar-refractivity contribution is 7.89. The first-order chi connectivity index (χ1) is 7.75. The van der Waals surface area contributed by atoms with Crippen molar-refractivity contribution < 1.29 is 22.3 Å². The Balaban J connectivity index is 3.12. The van der Waals surface area contributed by atoms with E-state index >= 15 is 0 Å². The molecule has 17 heavy (non-hydrogen) atoms. The molecule has 1 atom stereocenters. The lowest BCUT2D eigenvalue weighted by Crippen LogP contribution is -2.31. The molecule has 0 spiro atoms. The third-order valence-corrected chi connectivity index (χ3v) is 3.39. The van der Waals surface area contributed by atoms with Gasteiger partial charge in [-0.05, 0) is 19.1 Å². The van der Waals surface area contributed by atoms with Crippen molar-refractivity contribution in [3.63, 3.8) is 0 Å². The standard InChI is InChI=1S/C9H12F2N2O3S/c1-5(14)4-13-17(15,16)7-3-2-6(10)9(12)8(7)11/h2-3,5,13-14H,4,12H2,1H3/t5-/m0/s1. The second kappa shape index (κ2) is 4.94. The van der Waals surface area contributed by atoms with E-state index < -0.39 is 38.3 Å². The number of nitrogens with one attached hydrogen (secondary N) is 1. The fourth-order valence-corrected chi connectivity index (χ4v) is 2.27. The number of nitrogen functional groups attached to an aromatic ring is 1. The Hall–Kier alpha value is -1.25. The van der Waals surface area contributed by atoms with Gasteiger partial charge in [-0.15, -0.1) is 0 Å². The summed E-state index contributed by atoms with van der Waals surface area (Å²) >= 11 is 0. The Labute approximate surface area is 97.3 Å². The number of benzene rings is 1. The summed E-state index contributed by atoms with van der Waals surface area (Å²) in [6.45, 7) is 1.08. The second-order valence-electron chi connectivity index (χ2n) is 3.47. The van der Waals surface area contributed by atoms with Crippen LogP contribution in [0.4, 0.5) is 14.5 Å². The summed E-state index contributed by atoms with van der Waals surface area (Å²) in [5.41, 5.74) is 4.19. The molecule has 1 aromatic rings. The molecule has 1 rings (SSSR count). The van der Waals surface area contributed by atoms with E-state index in [1.807, 2.05) is 4.72 Å². The first-order valence-electron chi connectivity index (χ1n) is 4.67. The van der Waals surface area contributed by atoms with Gasteiger partial charge in [0.2, 0.25) is 10.0 Å². The van der Waals surface area contributed by atoms with Crippen molar-refractivity contribution in [3.05, 3.63) is 23.8 Å². The summed E-state index contributed by atoms with van der Waals surface area (Å²) in [6, 6.07) is 1.53. The predicted octanol–water partition coefficient (Wildman–Crippen LogP) is 0.206. The van der Waals surface area contributed by atoms with Crippen LogP contribution in [0, 0.1) is 11.6 Å². The van der Waals surface area contributed by atoms with Gasteiger partial charge < -0.3 is 10.8 Å². The Bertz CT molecular complexity index is 517. The molecule has 0 saturated carbocycles. The van der Waals surface area contributed by atoms with Gasteiger partial charge in [0.15, 0.2) is 5.82 Å². The van der Waals surface area contributed by atoms with Crippen LogP contribution in [0.25, 0.3) is 0 Å². The number of rotatable bonds is 4. The number of halogens is 2. The minimum atomic E-state index is -4.16. The third kappa shape index (κ3) is 3.11. The molecule has 4 N–H and O–H groups in total. The van der Waals surface area contributed by atoms with Gasteiger partial charge in [0, 0.05) is 6.54 Å². The molecule has 0 aliphatic heterocycles. The van der Waals surface area contributed by atoms with Gasteiger partial charge >= 0.3 is 0 Å². The van der Waals surface area contributed by atoms with Crippen LogP contribution in [0.2, 0.25) is 0 Å². The normalized spacial score (nSPS) is 13.6. The monoisotopic (exact) mass is 266 g/mol. The third-order valence-electron chi connectivity index (χ3n) is 1.95. The molecule has 0 fully saturated rings. The summed E-state index contributed by atoms with van der Waals surface area (Å²) < 4.78 is 51.4. The van der Waals surface area contributed by atoms with Crippen molar-refractivity contribution in [1.29, 1.82) is 0 Å². The van der Waals surface area contributed by atoms with E-state index in [4.69, 9.17) is 10.8 Å². The van der Waals surface area contributed by atoms with Gasteiger partial charge in [0.05, 0.1) is 6.10 Å². The van der Waals surface area contributed by atoms with Gasteiger partial charge in [-0.1, -0.05) is 0 Å². The zero-order chi connectivity index (χ0) is 13.2. The summed E-state index contributed by atoms with van der Waals surface area (Å²) in [4.78, 5) is -0.753. The molecular weight excluding hydrogens is 254 g/mol. The highest BCUT2D eigenvalue weighted by atomic mass is 32.2. The van der Waals surface area contributed by atoms with Crippen LogP contribution in [-0.2, 0) is 10.0 Å². The molecule has 5 nitrogen and oxygen atoms in total. The van der Waals surface area contributed by atoms with E-state index in [-0.39, 0.29) is 6.54 Å². The minimum Gasteiger partial charge on any atom is -0.394 e. The van der Waals surface area contributed by atoms with Crippen molar-refractivity contribution in [2.24, 2.45) is 0 Å². The van der Waals surface area contributed by atoms with Crippen LogP contribution in [0.1, 0.15) is 6.92 Å². The Morgan fingerprint density at radius 1 is 1.47 bits per heavy atom. The quantitative estimate of drug-likeness (QED) is 0.679. The van der Waals surface area contributed by atoms with Crippen LogP contribution in [0.15, 0.2) is 17.0 Å². The number of hydrogen-bond acceptors (Lipinski definition) is 4. The zero-order valence-corrected chi connectivity index (χ0v) is 9.76. The highest BCUT2D eigenvalue weighted by Crippen LogP contribution is 2.22. The van der Waals surface area contributed by atoms with Crippen LogP contribution < -0.4 is 10.5 Å². The molecule has 0 bridgehead atoms. The van der Waals surface area contributed by atoms with Crippen molar-refractivity contribution in [3.8, 4) is 0 Å². The van der Waals surface area contributed by atoms with Gasteiger partial charge in [-0.25, -0.2) is 21.9 Å². The van der Waals surface area contributed by atoms with Crippen molar-refractivity contribution in [2.45, 2.75) is 17.9 Å². The van der Waals surface area contributed by atoms with Crippen molar-refractivity contribution >= 4 is 15.7 Å². The Kier molecular flexibility index (Phi) is 4.02. The number of sulfonamides is 1. The molecule has 1 aromatic carbocycles. The fourth-order valence-electron chi connectivity index (χ4n) is 1.06. The van der Waals surface area contributed by atoms with Crippen molar-refractivity contribution in [2.75, 3.05) is 12.3 Å². The van der Waals surface area contributed by atoms with Gasteiger partial charge in [0.25, 0.3) is 0 Å². The average molecular weight is 266 g/mol. The molecular formula is C9H12F2N2O3S. The summed E-state index contributed by atoms with van der Waals surface area (Å²) in [5.74, 6) is -2.37. The van der Waals surface area contributed by atoms with Gasteiger partial charge in [0.1, 0.15) is 16.4 Å². The Morgan fingerprint density at radius 2 is 2.06 bits per heavy atom. The minimum absolute atomic E-state index is 0.279. The highest BCUT2D eigenvalue weighted by Gasteiger charge is 2.22. The molecule has 0 unspecified atom stereocenters. The molecule has 0 saturated heterocycles. The maximum absolute atomic E-state index is 13.4. The largest absolute Gasteiger partial charge is 0.394 e. The SMILES string of the molecule is C[C@H](O)CNS(=O)(=O)c1ccc(F)c(N)c1F. The van der Waals surface area contributed by atoms with Crippen molar-refractivity contribution in [1.82, 2.24) is 4.72 Å². The lowest BCUT2D eigenvalue weighted by Gasteiger charge is -2.10.